The lowest BCUT2D eigenvalue weighted by Gasteiger charge is -2.15. The van der Waals surface area contributed by atoms with Gasteiger partial charge in [0.25, 0.3) is 0 Å². The predicted octanol–water partition coefficient (Wildman–Crippen LogP) is 5.02. The standard InChI is InChI=1S/C20H18ClF4N5O/c1-11(30-17(12-6-7-12)16(21)18(28-30)20(23,24)25)19(31)27-14-8-26-29(10-14)9-13-4-2-3-5-15(13)22/h2-5,8,10-12H,6-7,9H2,1H3,(H,27,31). The first-order chi connectivity index (χ1) is 14.6. The fraction of sp³-hybridized carbons (Fsp3) is 0.350. The van der Waals surface area contributed by atoms with Crippen molar-refractivity contribution in [2.45, 2.75) is 44.4 Å². The van der Waals surface area contributed by atoms with Crippen LogP contribution < -0.4 is 5.32 Å². The molecule has 0 spiro atoms. The number of aromatic nitrogens is 4. The summed E-state index contributed by atoms with van der Waals surface area (Å²) in [4.78, 5) is 12.7. The molecule has 0 radical (unpaired) electrons. The second-order valence-electron chi connectivity index (χ2n) is 7.45. The van der Waals surface area contributed by atoms with Crippen molar-refractivity contribution in [1.82, 2.24) is 19.6 Å². The number of hydrogen-bond acceptors (Lipinski definition) is 3. The third kappa shape index (κ3) is 4.43. The number of carbonyl (C=O) groups excluding carboxylic acids is 1. The fourth-order valence-electron chi connectivity index (χ4n) is 3.30. The molecule has 1 atom stereocenters. The molecule has 1 amide bonds. The van der Waals surface area contributed by atoms with Crippen molar-refractivity contribution in [3.63, 3.8) is 0 Å². The van der Waals surface area contributed by atoms with Crippen LogP contribution in [0.4, 0.5) is 23.2 Å². The molecule has 1 saturated carbocycles. The monoisotopic (exact) mass is 455 g/mol. The maximum absolute atomic E-state index is 13.8. The van der Waals surface area contributed by atoms with Crippen molar-refractivity contribution in [2.75, 3.05) is 5.32 Å². The lowest BCUT2D eigenvalue weighted by Crippen LogP contribution is -2.26. The van der Waals surface area contributed by atoms with Gasteiger partial charge >= 0.3 is 6.18 Å². The Bertz CT molecular complexity index is 1120. The Morgan fingerprint density at radius 2 is 2.03 bits per heavy atom. The van der Waals surface area contributed by atoms with Crippen LogP contribution in [0.1, 0.15) is 48.7 Å². The van der Waals surface area contributed by atoms with E-state index >= 15 is 0 Å². The van der Waals surface area contributed by atoms with Gasteiger partial charge in [-0.25, -0.2) is 4.39 Å². The highest BCUT2D eigenvalue weighted by Gasteiger charge is 2.43. The van der Waals surface area contributed by atoms with E-state index in [-0.39, 0.29) is 24.0 Å². The molecule has 4 rings (SSSR count). The van der Waals surface area contributed by atoms with Crippen LogP contribution in [0.2, 0.25) is 5.02 Å². The number of nitrogens with zero attached hydrogens (tertiary/aromatic N) is 4. The van der Waals surface area contributed by atoms with E-state index in [2.05, 4.69) is 15.5 Å². The van der Waals surface area contributed by atoms with Crippen molar-refractivity contribution in [3.8, 4) is 0 Å². The Balaban J connectivity index is 1.51. The molecule has 164 valence electrons. The highest BCUT2D eigenvalue weighted by Crippen LogP contribution is 2.47. The highest BCUT2D eigenvalue weighted by atomic mass is 35.5. The van der Waals surface area contributed by atoms with E-state index in [1.54, 1.807) is 18.2 Å². The molecule has 1 aliphatic rings. The fourth-order valence-corrected chi connectivity index (χ4v) is 3.69. The lowest BCUT2D eigenvalue weighted by atomic mass is 10.2. The molecular formula is C20H18ClF4N5O. The van der Waals surface area contributed by atoms with E-state index in [0.717, 1.165) is 4.68 Å². The largest absolute Gasteiger partial charge is 0.436 e. The smallest absolute Gasteiger partial charge is 0.322 e. The van der Waals surface area contributed by atoms with Gasteiger partial charge in [0.2, 0.25) is 5.91 Å². The normalized spacial score (nSPS) is 15.2. The number of benzene rings is 1. The Morgan fingerprint density at radius 3 is 2.68 bits per heavy atom. The van der Waals surface area contributed by atoms with Crippen LogP contribution >= 0.6 is 11.6 Å². The van der Waals surface area contributed by atoms with E-state index in [9.17, 15) is 22.4 Å². The zero-order valence-corrected chi connectivity index (χ0v) is 17.1. The molecule has 31 heavy (non-hydrogen) atoms. The quantitative estimate of drug-likeness (QED) is 0.531. The molecule has 1 fully saturated rings. The summed E-state index contributed by atoms with van der Waals surface area (Å²) in [5.41, 5.74) is -0.201. The molecule has 6 nitrogen and oxygen atoms in total. The van der Waals surface area contributed by atoms with Gasteiger partial charge in [-0.3, -0.25) is 14.2 Å². The van der Waals surface area contributed by atoms with Crippen LogP contribution in [0.3, 0.4) is 0 Å². The number of halogens is 5. The van der Waals surface area contributed by atoms with Crippen molar-refractivity contribution < 1.29 is 22.4 Å². The van der Waals surface area contributed by atoms with Crippen LogP contribution in [-0.2, 0) is 17.5 Å². The van der Waals surface area contributed by atoms with Crippen LogP contribution in [0.15, 0.2) is 36.7 Å². The maximum atomic E-state index is 13.8. The second-order valence-corrected chi connectivity index (χ2v) is 7.83. The molecule has 1 N–H and O–H groups in total. The maximum Gasteiger partial charge on any atom is 0.436 e. The second kappa shape index (κ2) is 7.99. The van der Waals surface area contributed by atoms with E-state index in [1.807, 2.05) is 0 Å². The first-order valence-corrected chi connectivity index (χ1v) is 9.94. The van der Waals surface area contributed by atoms with Crippen molar-refractivity contribution in [1.29, 1.82) is 0 Å². The molecule has 0 saturated heterocycles. The van der Waals surface area contributed by atoms with Gasteiger partial charge in [0, 0.05) is 17.7 Å². The van der Waals surface area contributed by atoms with Crippen molar-refractivity contribution in [3.05, 3.63) is 64.5 Å². The molecular weight excluding hydrogens is 438 g/mol. The van der Waals surface area contributed by atoms with Crippen molar-refractivity contribution >= 4 is 23.2 Å². The average Bonchev–Trinajstić information content (AvgIpc) is 3.34. The summed E-state index contributed by atoms with van der Waals surface area (Å²) >= 11 is 5.97. The Kier molecular flexibility index (Phi) is 5.50. The van der Waals surface area contributed by atoms with Gasteiger partial charge in [-0.1, -0.05) is 29.8 Å². The van der Waals surface area contributed by atoms with Crippen LogP contribution in [0.5, 0.6) is 0 Å². The summed E-state index contributed by atoms with van der Waals surface area (Å²) < 4.78 is 56.0. The van der Waals surface area contributed by atoms with Crippen LogP contribution in [0.25, 0.3) is 0 Å². The predicted molar refractivity (Wildman–Crippen MR) is 105 cm³/mol. The first-order valence-electron chi connectivity index (χ1n) is 9.57. The summed E-state index contributed by atoms with van der Waals surface area (Å²) in [6.45, 7) is 1.61. The third-order valence-electron chi connectivity index (χ3n) is 5.06. The number of hydrogen-bond donors (Lipinski definition) is 1. The van der Waals surface area contributed by atoms with Gasteiger partial charge < -0.3 is 5.32 Å². The van der Waals surface area contributed by atoms with Gasteiger partial charge in [0.15, 0.2) is 5.69 Å². The molecule has 0 bridgehead atoms. The topological polar surface area (TPSA) is 64.7 Å². The summed E-state index contributed by atoms with van der Waals surface area (Å²) in [5, 5.41) is 9.86. The molecule has 1 aliphatic carbocycles. The molecule has 1 aromatic carbocycles. The van der Waals surface area contributed by atoms with E-state index < -0.39 is 28.8 Å². The third-order valence-corrected chi connectivity index (χ3v) is 5.43. The Labute approximate surface area is 179 Å². The first kappa shape index (κ1) is 21.4. The average molecular weight is 456 g/mol. The highest BCUT2D eigenvalue weighted by molar-refractivity contribution is 6.32. The SMILES string of the molecule is CC(C(=O)Nc1cnn(Cc2ccccc2F)c1)n1nc(C(F)(F)F)c(Cl)c1C1CC1. The number of alkyl halides is 3. The Hall–Kier alpha value is -2.88. The number of nitrogens with one attached hydrogen (secondary N) is 1. The van der Waals surface area contributed by atoms with E-state index in [0.29, 0.717) is 24.1 Å². The lowest BCUT2D eigenvalue weighted by molar-refractivity contribution is -0.141. The zero-order valence-electron chi connectivity index (χ0n) is 16.3. The van der Waals surface area contributed by atoms with E-state index in [1.165, 1.54) is 30.1 Å². The summed E-state index contributed by atoms with van der Waals surface area (Å²) in [7, 11) is 0. The van der Waals surface area contributed by atoms with E-state index in [4.69, 9.17) is 11.6 Å². The van der Waals surface area contributed by atoms with Gasteiger partial charge in [-0.15, -0.1) is 0 Å². The zero-order chi connectivity index (χ0) is 22.3. The van der Waals surface area contributed by atoms with Gasteiger partial charge in [-0.05, 0) is 25.8 Å². The Morgan fingerprint density at radius 1 is 1.32 bits per heavy atom. The number of rotatable bonds is 6. The van der Waals surface area contributed by atoms with Gasteiger partial charge in [0.05, 0.1) is 29.1 Å². The molecule has 1 unspecified atom stereocenters. The molecule has 2 heterocycles. The van der Waals surface area contributed by atoms with Gasteiger partial charge in [-0.2, -0.15) is 23.4 Å². The minimum atomic E-state index is -4.71. The van der Waals surface area contributed by atoms with Gasteiger partial charge in [0.1, 0.15) is 11.9 Å². The number of amides is 1. The van der Waals surface area contributed by atoms with Crippen LogP contribution in [0, 0.1) is 5.82 Å². The summed E-state index contributed by atoms with van der Waals surface area (Å²) in [6.07, 6.45) is -0.434. The minimum Gasteiger partial charge on any atom is -0.322 e. The minimum absolute atomic E-state index is 0.144. The molecule has 11 heteroatoms. The molecule has 3 aromatic rings. The number of anilines is 1. The summed E-state index contributed by atoms with van der Waals surface area (Å²) in [6, 6.07) is 5.21. The van der Waals surface area contributed by atoms with Crippen LogP contribution in [-0.4, -0.2) is 25.5 Å². The summed E-state index contributed by atoms with van der Waals surface area (Å²) in [5.74, 6) is -1.09. The van der Waals surface area contributed by atoms with Crippen molar-refractivity contribution in [2.24, 2.45) is 0 Å². The molecule has 0 aliphatic heterocycles. The molecule has 2 aromatic heterocycles. The number of carbonyl (C=O) groups is 1.